The molecule has 10 heteroatoms. The van der Waals surface area contributed by atoms with Crippen LogP contribution in [0.15, 0.2) is 12.1 Å². The third-order valence-electron chi connectivity index (χ3n) is 2.22. The zero-order chi connectivity index (χ0) is 15.4. The van der Waals surface area contributed by atoms with Gasteiger partial charge in [-0.2, -0.15) is 8.78 Å². The number of carboxylic acids is 1. The normalized spacial score (nSPS) is 12.0. The van der Waals surface area contributed by atoms with Crippen molar-refractivity contribution in [3.8, 4) is 5.75 Å². The van der Waals surface area contributed by atoms with Crippen LogP contribution in [0.2, 0.25) is 0 Å². The summed E-state index contributed by atoms with van der Waals surface area (Å²) in [6.07, 6.45) is -2.26. The number of hydrogen-bond acceptors (Lipinski definition) is 6. The third kappa shape index (κ3) is 3.23. The van der Waals surface area contributed by atoms with Gasteiger partial charge in [-0.05, 0) is 6.07 Å². The fraction of sp³-hybridized carbons (Fsp3) is 0.200. The number of aldehydes is 1. The smallest absolute Gasteiger partial charge is 0.387 e. The van der Waals surface area contributed by atoms with Gasteiger partial charge in [-0.3, -0.25) is 14.9 Å². The number of halogens is 2. The molecular weight excluding hydrogens is 284 g/mol. The number of nitrogens with zero attached hydrogens (tertiary/aromatic N) is 1. The fourth-order valence-corrected chi connectivity index (χ4v) is 1.40. The van der Waals surface area contributed by atoms with Crippen molar-refractivity contribution in [2.45, 2.75) is 12.7 Å². The lowest BCUT2D eigenvalue weighted by Gasteiger charge is -2.11. The number of carbonyl (C=O) groups excluding carboxylic acids is 1. The van der Waals surface area contributed by atoms with E-state index in [4.69, 9.17) is 5.11 Å². The Morgan fingerprint density at radius 2 is 2.05 bits per heavy atom. The molecule has 0 spiro atoms. The van der Waals surface area contributed by atoms with Crippen molar-refractivity contribution in [3.05, 3.63) is 33.4 Å². The van der Waals surface area contributed by atoms with Crippen LogP contribution >= 0.6 is 0 Å². The maximum atomic E-state index is 12.2. The summed E-state index contributed by atoms with van der Waals surface area (Å²) < 4.78 is 28.3. The minimum absolute atomic E-state index is 0.0766. The Balaban J connectivity index is 3.50. The molecule has 0 bridgehead atoms. The van der Waals surface area contributed by atoms with Crippen LogP contribution in [0.4, 0.5) is 14.5 Å². The number of hydrogen-bond donors (Lipinski definition) is 2. The number of nitro groups is 1. The lowest BCUT2D eigenvalue weighted by Crippen LogP contribution is -2.13. The molecule has 0 aliphatic carbocycles. The maximum Gasteiger partial charge on any atom is 0.387 e. The number of rotatable bonds is 6. The molecular formula is C10H7F2NO7. The summed E-state index contributed by atoms with van der Waals surface area (Å²) in [4.78, 5) is 31.0. The van der Waals surface area contributed by atoms with E-state index in [1.54, 1.807) is 0 Å². The van der Waals surface area contributed by atoms with Gasteiger partial charge in [-0.1, -0.05) is 0 Å². The van der Waals surface area contributed by atoms with Crippen molar-refractivity contribution < 1.29 is 38.2 Å². The zero-order valence-electron chi connectivity index (χ0n) is 9.53. The van der Waals surface area contributed by atoms with Crippen molar-refractivity contribution in [2.75, 3.05) is 0 Å². The first-order valence-corrected chi connectivity index (χ1v) is 4.91. The van der Waals surface area contributed by atoms with Gasteiger partial charge in [0.25, 0.3) is 5.69 Å². The Kier molecular flexibility index (Phi) is 4.64. The highest BCUT2D eigenvalue weighted by atomic mass is 19.3. The van der Waals surface area contributed by atoms with E-state index in [0.717, 1.165) is 0 Å². The van der Waals surface area contributed by atoms with Crippen molar-refractivity contribution >= 4 is 17.9 Å². The molecule has 20 heavy (non-hydrogen) atoms. The molecule has 1 aromatic rings. The quantitative estimate of drug-likeness (QED) is 0.456. The van der Waals surface area contributed by atoms with Gasteiger partial charge in [0.15, 0.2) is 12.4 Å². The van der Waals surface area contributed by atoms with Crippen LogP contribution in [0.25, 0.3) is 0 Å². The standard InChI is InChI=1S/C10H7F2NO7/c11-10(12)20-7-2-4(8(15)9(16)17)1-6(13(18)19)5(7)3-14/h1-3,8,10,15H,(H,16,17). The van der Waals surface area contributed by atoms with Crippen LogP contribution in [0.3, 0.4) is 0 Å². The molecule has 1 unspecified atom stereocenters. The summed E-state index contributed by atoms with van der Waals surface area (Å²) in [5.41, 5.74) is -2.30. The largest absolute Gasteiger partial charge is 0.479 e. The van der Waals surface area contributed by atoms with E-state index in [1.165, 1.54) is 0 Å². The summed E-state index contributed by atoms with van der Waals surface area (Å²) in [5.74, 6) is -2.64. The topological polar surface area (TPSA) is 127 Å². The first-order chi connectivity index (χ1) is 9.27. The minimum atomic E-state index is -3.38. The second kappa shape index (κ2) is 6.02. The maximum absolute atomic E-state index is 12.2. The van der Waals surface area contributed by atoms with Crippen molar-refractivity contribution in [2.24, 2.45) is 0 Å². The second-order valence-electron chi connectivity index (χ2n) is 3.45. The van der Waals surface area contributed by atoms with Gasteiger partial charge < -0.3 is 14.9 Å². The Morgan fingerprint density at radius 3 is 2.45 bits per heavy atom. The number of carboxylic acid groups (broad SMARTS) is 1. The summed E-state index contributed by atoms with van der Waals surface area (Å²) >= 11 is 0. The van der Waals surface area contributed by atoms with Gasteiger partial charge in [-0.15, -0.1) is 0 Å². The number of ether oxygens (including phenoxy) is 1. The predicted molar refractivity (Wildman–Crippen MR) is 57.7 cm³/mol. The number of carbonyl (C=O) groups is 2. The van der Waals surface area contributed by atoms with E-state index < -0.39 is 46.2 Å². The summed E-state index contributed by atoms with van der Waals surface area (Å²) in [7, 11) is 0. The molecule has 0 radical (unpaired) electrons. The lowest BCUT2D eigenvalue weighted by molar-refractivity contribution is -0.385. The average Bonchev–Trinajstić information content (AvgIpc) is 2.35. The molecule has 0 heterocycles. The van der Waals surface area contributed by atoms with Crippen LogP contribution in [-0.4, -0.2) is 34.0 Å². The minimum Gasteiger partial charge on any atom is -0.479 e. The number of nitro benzene ring substituents is 1. The van der Waals surface area contributed by atoms with Crippen LogP contribution in [-0.2, 0) is 4.79 Å². The number of aliphatic hydroxyl groups excluding tert-OH is 1. The summed E-state index contributed by atoms with van der Waals surface area (Å²) in [6.45, 7) is -3.38. The van der Waals surface area contributed by atoms with Crippen molar-refractivity contribution in [3.63, 3.8) is 0 Å². The molecule has 8 nitrogen and oxygen atoms in total. The first-order valence-electron chi connectivity index (χ1n) is 4.91. The van der Waals surface area contributed by atoms with Crippen LogP contribution < -0.4 is 4.74 Å². The Bertz CT molecular complexity index is 561. The number of benzene rings is 1. The molecule has 1 rings (SSSR count). The van der Waals surface area contributed by atoms with Crippen LogP contribution in [0.1, 0.15) is 22.0 Å². The molecule has 0 amide bonds. The van der Waals surface area contributed by atoms with Crippen LogP contribution in [0.5, 0.6) is 5.75 Å². The molecule has 0 fully saturated rings. The summed E-state index contributed by atoms with van der Waals surface area (Å²) in [5, 5.41) is 28.6. The van der Waals surface area contributed by atoms with Gasteiger partial charge >= 0.3 is 12.6 Å². The highest BCUT2D eigenvalue weighted by Gasteiger charge is 2.26. The lowest BCUT2D eigenvalue weighted by atomic mass is 10.0. The highest BCUT2D eigenvalue weighted by Crippen LogP contribution is 2.32. The van der Waals surface area contributed by atoms with Crippen LogP contribution in [0, 0.1) is 10.1 Å². The van der Waals surface area contributed by atoms with Crippen molar-refractivity contribution in [1.82, 2.24) is 0 Å². The average molecular weight is 291 g/mol. The van der Waals surface area contributed by atoms with Gasteiger partial charge in [-0.25, -0.2) is 4.79 Å². The molecule has 0 aromatic heterocycles. The zero-order valence-corrected chi connectivity index (χ0v) is 9.53. The number of alkyl halides is 2. The molecule has 0 saturated carbocycles. The Hall–Kier alpha value is -2.62. The molecule has 1 atom stereocenters. The molecule has 0 aliphatic heterocycles. The van der Waals surface area contributed by atoms with Crippen molar-refractivity contribution in [1.29, 1.82) is 0 Å². The third-order valence-corrected chi connectivity index (χ3v) is 2.22. The Morgan fingerprint density at radius 1 is 1.45 bits per heavy atom. The molecule has 108 valence electrons. The highest BCUT2D eigenvalue weighted by molar-refractivity contribution is 5.87. The predicted octanol–water partition coefficient (Wildman–Crippen LogP) is 1.13. The molecule has 0 saturated heterocycles. The van der Waals surface area contributed by atoms with E-state index >= 15 is 0 Å². The van der Waals surface area contributed by atoms with E-state index in [-0.39, 0.29) is 6.29 Å². The van der Waals surface area contributed by atoms with Gasteiger partial charge in [0, 0.05) is 11.6 Å². The monoisotopic (exact) mass is 291 g/mol. The molecule has 1 aromatic carbocycles. The molecule has 0 aliphatic rings. The van der Waals surface area contributed by atoms with E-state index in [2.05, 4.69) is 4.74 Å². The van der Waals surface area contributed by atoms with Gasteiger partial charge in [0.05, 0.1) is 4.92 Å². The second-order valence-corrected chi connectivity index (χ2v) is 3.45. The van der Waals surface area contributed by atoms with Gasteiger partial charge in [0.1, 0.15) is 11.3 Å². The number of aliphatic hydroxyl groups is 1. The first kappa shape index (κ1) is 15.4. The van der Waals surface area contributed by atoms with E-state index in [1.807, 2.05) is 0 Å². The van der Waals surface area contributed by atoms with E-state index in [9.17, 15) is 33.6 Å². The number of aliphatic carboxylic acids is 1. The van der Waals surface area contributed by atoms with Gasteiger partial charge in [0.2, 0.25) is 0 Å². The van der Waals surface area contributed by atoms with E-state index in [0.29, 0.717) is 12.1 Å². The Labute approximate surface area is 109 Å². The fourth-order valence-electron chi connectivity index (χ4n) is 1.40. The summed E-state index contributed by atoms with van der Waals surface area (Å²) in [6, 6.07) is 1.22. The SMILES string of the molecule is O=Cc1c(OC(F)F)cc(C(O)C(=O)O)cc1[N+](=O)[O-]. The molecule has 2 N–H and O–H groups in total.